The zero-order valence-corrected chi connectivity index (χ0v) is 11.3. The lowest BCUT2D eigenvalue weighted by Gasteiger charge is -2.45. The second-order valence-corrected chi connectivity index (χ2v) is 6.99. The van der Waals surface area contributed by atoms with Crippen molar-refractivity contribution in [3.63, 3.8) is 0 Å². The Balaban J connectivity index is 2.23. The summed E-state index contributed by atoms with van der Waals surface area (Å²) in [5, 5.41) is 9.86. The van der Waals surface area contributed by atoms with E-state index in [-0.39, 0.29) is 23.4 Å². The molecule has 5 atom stereocenters. The number of Topliss-reactive ketones (excluding diaryl/α,β-unsaturated/α-hetero) is 1. The maximum absolute atomic E-state index is 12.7. The molecule has 96 valence electrons. The van der Waals surface area contributed by atoms with Crippen molar-refractivity contribution in [1.82, 2.24) is 0 Å². The number of ketones is 1. The number of carbonyl (C=O) groups is 1. The van der Waals surface area contributed by atoms with Gasteiger partial charge in [-0.2, -0.15) is 0 Å². The smallest absolute Gasteiger partial charge is 0.145 e. The highest BCUT2D eigenvalue weighted by atomic mass is 16.3. The van der Waals surface area contributed by atoms with E-state index in [1.54, 1.807) is 0 Å². The molecule has 0 aromatic carbocycles. The Bertz CT molecular complexity index is 377. The van der Waals surface area contributed by atoms with E-state index in [1.807, 2.05) is 6.92 Å². The summed E-state index contributed by atoms with van der Waals surface area (Å²) in [6.07, 6.45) is 6.01. The Labute approximate surface area is 104 Å². The number of hydrogen-bond acceptors (Lipinski definition) is 2. The summed E-state index contributed by atoms with van der Waals surface area (Å²) in [6, 6.07) is 0. The summed E-state index contributed by atoms with van der Waals surface area (Å²) >= 11 is 0. The molecule has 0 aromatic rings. The topological polar surface area (TPSA) is 37.3 Å². The molecule has 3 rings (SSSR count). The SMILES string of the molecule is CC1CC[C@]23CCC[C@]12C(C)C(=O)[C@@]3(C)CO. The lowest BCUT2D eigenvalue weighted by molar-refractivity contribution is -0.134. The van der Waals surface area contributed by atoms with E-state index in [2.05, 4.69) is 13.8 Å². The summed E-state index contributed by atoms with van der Waals surface area (Å²) < 4.78 is 0. The lowest BCUT2D eigenvalue weighted by atomic mass is 9.58. The van der Waals surface area contributed by atoms with Crippen molar-refractivity contribution in [2.24, 2.45) is 28.1 Å². The van der Waals surface area contributed by atoms with Gasteiger partial charge in [0.1, 0.15) is 5.78 Å². The van der Waals surface area contributed by atoms with Crippen molar-refractivity contribution < 1.29 is 9.90 Å². The maximum atomic E-state index is 12.7. The van der Waals surface area contributed by atoms with Crippen LogP contribution in [0.1, 0.15) is 52.9 Å². The third kappa shape index (κ3) is 0.905. The van der Waals surface area contributed by atoms with E-state index in [0.29, 0.717) is 11.7 Å². The lowest BCUT2D eigenvalue weighted by Crippen LogP contribution is -2.45. The molecule has 3 aliphatic rings. The van der Waals surface area contributed by atoms with Crippen LogP contribution in [0.3, 0.4) is 0 Å². The molecular formula is C15H24O2. The minimum atomic E-state index is -0.465. The number of rotatable bonds is 1. The molecule has 2 unspecified atom stereocenters. The summed E-state index contributed by atoms with van der Waals surface area (Å²) in [5.41, 5.74) is -0.139. The highest BCUT2D eigenvalue weighted by Crippen LogP contribution is 2.78. The average Bonchev–Trinajstić information content (AvgIpc) is 2.88. The van der Waals surface area contributed by atoms with Crippen molar-refractivity contribution in [3.8, 4) is 0 Å². The van der Waals surface area contributed by atoms with E-state index >= 15 is 0 Å². The predicted molar refractivity (Wildman–Crippen MR) is 66.5 cm³/mol. The maximum Gasteiger partial charge on any atom is 0.145 e. The quantitative estimate of drug-likeness (QED) is 0.760. The molecule has 0 aromatic heterocycles. The first-order valence-corrected chi connectivity index (χ1v) is 7.11. The van der Waals surface area contributed by atoms with Crippen LogP contribution in [0.5, 0.6) is 0 Å². The number of hydrogen-bond donors (Lipinski definition) is 1. The monoisotopic (exact) mass is 236 g/mol. The first-order valence-electron chi connectivity index (χ1n) is 7.11. The third-order valence-electron chi connectivity index (χ3n) is 7.05. The van der Waals surface area contributed by atoms with E-state index < -0.39 is 5.41 Å². The first kappa shape index (κ1) is 11.7. The second-order valence-electron chi connectivity index (χ2n) is 6.99. The highest BCUT2D eigenvalue weighted by Gasteiger charge is 2.77. The van der Waals surface area contributed by atoms with Gasteiger partial charge in [0.05, 0.1) is 12.0 Å². The van der Waals surface area contributed by atoms with Crippen LogP contribution in [0.4, 0.5) is 0 Å². The minimum absolute atomic E-state index is 0.0463. The van der Waals surface area contributed by atoms with Crippen molar-refractivity contribution in [2.75, 3.05) is 6.61 Å². The standard InChI is InChI=1S/C15H24O2/c1-10-5-8-14-6-4-7-15(10,14)11(2)12(17)13(14,3)9-16/h10-11,16H,4-9H2,1-3H3/t10?,11?,13-,14+,15-/m1/s1. The van der Waals surface area contributed by atoms with Crippen LogP contribution in [0, 0.1) is 28.1 Å². The molecule has 0 radical (unpaired) electrons. The molecule has 0 amide bonds. The molecule has 3 fully saturated rings. The van der Waals surface area contributed by atoms with Crippen molar-refractivity contribution in [2.45, 2.75) is 52.9 Å². The van der Waals surface area contributed by atoms with Crippen molar-refractivity contribution >= 4 is 5.78 Å². The van der Waals surface area contributed by atoms with Gasteiger partial charge in [-0.15, -0.1) is 0 Å². The molecule has 3 aliphatic carbocycles. The van der Waals surface area contributed by atoms with Crippen LogP contribution in [-0.4, -0.2) is 17.5 Å². The van der Waals surface area contributed by atoms with Crippen LogP contribution in [0.15, 0.2) is 0 Å². The summed E-state index contributed by atoms with van der Waals surface area (Å²) in [5.74, 6) is 1.14. The summed E-state index contributed by atoms with van der Waals surface area (Å²) in [7, 11) is 0. The number of aliphatic hydroxyl groups is 1. The van der Waals surface area contributed by atoms with Gasteiger partial charge in [-0.3, -0.25) is 4.79 Å². The minimum Gasteiger partial charge on any atom is -0.395 e. The number of carbonyl (C=O) groups excluding carboxylic acids is 1. The molecule has 2 nitrogen and oxygen atoms in total. The van der Waals surface area contributed by atoms with E-state index in [4.69, 9.17) is 0 Å². The molecule has 0 aliphatic heterocycles. The van der Waals surface area contributed by atoms with Gasteiger partial charge >= 0.3 is 0 Å². The average molecular weight is 236 g/mol. The Hall–Kier alpha value is -0.370. The van der Waals surface area contributed by atoms with Crippen molar-refractivity contribution in [1.29, 1.82) is 0 Å². The third-order valence-corrected chi connectivity index (χ3v) is 7.05. The van der Waals surface area contributed by atoms with Crippen LogP contribution < -0.4 is 0 Å². The molecule has 0 heterocycles. The van der Waals surface area contributed by atoms with Gasteiger partial charge in [-0.05, 0) is 49.4 Å². The Morgan fingerprint density at radius 2 is 2.00 bits per heavy atom. The predicted octanol–water partition coefficient (Wildman–Crippen LogP) is 2.79. The Morgan fingerprint density at radius 3 is 2.65 bits per heavy atom. The fraction of sp³-hybridized carbons (Fsp3) is 0.933. The molecule has 0 spiro atoms. The van der Waals surface area contributed by atoms with Gasteiger partial charge in [-0.1, -0.05) is 20.3 Å². The van der Waals surface area contributed by atoms with Gasteiger partial charge in [0, 0.05) is 5.92 Å². The molecule has 3 saturated carbocycles. The van der Waals surface area contributed by atoms with Crippen LogP contribution >= 0.6 is 0 Å². The van der Waals surface area contributed by atoms with Crippen LogP contribution in [0.2, 0.25) is 0 Å². The fourth-order valence-corrected chi connectivity index (χ4v) is 6.25. The largest absolute Gasteiger partial charge is 0.395 e. The first-order chi connectivity index (χ1) is 7.96. The molecule has 0 saturated heterocycles. The van der Waals surface area contributed by atoms with E-state index in [9.17, 15) is 9.90 Å². The van der Waals surface area contributed by atoms with E-state index in [1.165, 1.54) is 19.3 Å². The highest BCUT2D eigenvalue weighted by molar-refractivity contribution is 5.92. The van der Waals surface area contributed by atoms with Gasteiger partial charge in [-0.25, -0.2) is 0 Å². The summed E-state index contributed by atoms with van der Waals surface area (Å²) in [6.45, 7) is 6.55. The number of aliphatic hydroxyl groups excluding tert-OH is 1. The van der Waals surface area contributed by atoms with Crippen molar-refractivity contribution in [3.05, 3.63) is 0 Å². The zero-order chi connectivity index (χ0) is 12.5. The normalized spacial score (nSPS) is 57.3. The molecule has 17 heavy (non-hydrogen) atoms. The fourth-order valence-electron chi connectivity index (χ4n) is 6.25. The summed E-state index contributed by atoms with van der Waals surface area (Å²) in [4.78, 5) is 12.7. The van der Waals surface area contributed by atoms with Gasteiger partial charge in [0.2, 0.25) is 0 Å². The Morgan fingerprint density at radius 1 is 1.29 bits per heavy atom. The van der Waals surface area contributed by atoms with E-state index in [0.717, 1.165) is 12.8 Å². The molecule has 2 heteroatoms. The van der Waals surface area contributed by atoms with Gasteiger partial charge in [0.15, 0.2) is 0 Å². The zero-order valence-electron chi connectivity index (χ0n) is 11.3. The van der Waals surface area contributed by atoms with Gasteiger partial charge in [0.25, 0.3) is 0 Å². The molecule has 1 N–H and O–H groups in total. The molecular weight excluding hydrogens is 212 g/mol. The van der Waals surface area contributed by atoms with Crippen LogP contribution in [0.25, 0.3) is 0 Å². The molecule has 0 bridgehead atoms. The Kier molecular flexibility index (Phi) is 2.16. The second kappa shape index (κ2) is 3.14. The van der Waals surface area contributed by atoms with Crippen LogP contribution in [-0.2, 0) is 4.79 Å². The van der Waals surface area contributed by atoms with Gasteiger partial charge < -0.3 is 5.11 Å².